The predicted molar refractivity (Wildman–Crippen MR) is 69.2 cm³/mol. The Morgan fingerprint density at radius 2 is 2.11 bits per heavy atom. The van der Waals surface area contributed by atoms with E-state index in [4.69, 9.17) is 0 Å². The Morgan fingerprint density at radius 3 is 2.83 bits per heavy atom. The average molecular weight is 248 g/mol. The second-order valence-electron chi connectivity index (χ2n) is 4.44. The molecule has 0 unspecified atom stereocenters. The topological polar surface area (TPSA) is 49.5 Å². The second kappa shape index (κ2) is 5.78. The maximum absolute atomic E-state index is 11.4. The van der Waals surface area contributed by atoms with Crippen LogP contribution < -0.4 is 0 Å². The van der Waals surface area contributed by atoms with Gasteiger partial charge in [0, 0.05) is 12.1 Å². The van der Waals surface area contributed by atoms with E-state index in [0.717, 1.165) is 36.8 Å². The monoisotopic (exact) mass is 248 g/mol. The lowest BCUT2D eigenvalue weighted by Gasteiger charge is -2.19. The van der Waals surface area contributed by atoms with Crippen molar-refractivity contribution in [3.63, 3.8) is 0 Å². The fourth-order valence-corrected chi connectivity index (χ4v) is 2.40. The number of aliphatic hydroxyl groups is 1. The SMILES string of the molecule is CO[N+](=O)c1cccc(C2=C(CO)CCCC2)c1. The van der Waals surface area contributed by atoms with Crippen molar-refractivity contribution in [1.82, 2.24) is 0 Å². The highest BCUT2D eigenvalue weighted by atomic mass is 16.8. The van der Waals surface area contributed by atoms with Crippen molar-refractivity contribution in [2.75, 3.05) is 13.7 Å². The molecule has 0 radical (unpaired) electrons. The van der Waals surface area contributed by atoms with Gasteiger partial charge < -0.3 is 5.11 Å². The highest BCUT2D eigenvalue weighted by Gasteiger charge is 2.18. The Bertz CT molecular complexity index is 480. The largest absolute Gasteiger partial charge is 0.392 e. The van der Waals surface area contributed by atoms with Crippen molar-refractivity contribution in [2.24, 2.45) is 0 Å². The van der Waals surface area contributed by atoms with Gasteiger partial charge in [-0.05, 0) is 42.4 Å². The van der Waals surface area contributed by atoms with Gasteiger partial charge in [0.25, 0.3) is 4.92 Å². The molecule has 1 N–H and O–H groups in total. The Kier molecular flexibility index (Phi) is 4.10. The number of nitrogens with zero attached hydrogens (tertiary/aromatic N) is 1. The molecule has 0 saturated heterocycles. The maximum atomic E-state index is 11.4. The molecule has 1 aliphatic carbocycles. The first kappa shape index (κ1) is 12.8. The highest BCUT2D eigenvalue weighted by molar-refractivity contribution is 5.71. The standard InChI is InChI=1S/C14H18NO3/c1-18-15(17)13-7-4-6-11(9-13)14-8-3-2-5-12(14)10-16/h4,6-7,9,16H,2-3,5,8,10H2,1H3/q+1. The fourth-order valence-electron chi connectivity index (χ4n) is 2.40. The molecular weight excluding hydrogens is 230 g/mol. The van der Waals surface area contributed by atoms with Crippen molar-refractivity contribution in [3.8, 4) is 0 Å². The van der Waals surface area contributed by atoms with E-state index in [2.05, 4.69) is 4.84 Å². The highest BCUT2D eigenvalue weighted by Crippen LogP contribution is 2.33. The summed E-state index contributed by atoms with van der Waals surface area (Å²) in [6.07, 6.45) is 4.17. The summed E-state index contributed by atoms with van der Waals surface area (Å²) in [5.41, 5.74) is 3.75. The van der Waals surface area contributed by atoms with Gasteiger partial charge in [-0.25, -0.2) is 4.84 Å². The smallest absolute Gasteiger partial charge is 0.317 e. The van der Waals surface area contributed by atoms with Gasteiger partial charge in [0.05, 0.1) is 11.5 Å². The van der Waals surface area contributed by atoms with Crippen LogP contribution in [-0.2, 0) is 4.84 Å². The average Bonchev–Trinajstić information content (AvgIpc) is 2.46. The molecule has 0 aromatic heterocycles. The molecule has 18 heavy (non-hydrogen) atoms. The molecule has 0 bridgehead atoms. The molecule has 0 fully saturated rings. The van der Waals surface area contributed by atoms with E-state index in [-0.39, 0.29) is 6.61 Å². The number of benzene rings is 1. The minimum absolute atomic E-state index is 0.102. The van der Waals surface area contributed by atoms with Crippen LogP contribution in [0.25, 0.3) is 5.57 Å². The van der Waals surface area contributed by atoms with Crippen LogP contribution in [-0.4, -0.2) is 23.7 Å². The molecule has 1 aromatic rings. The molecule has 0 atom stereocenters. The summed E-state index contributed by atoms with van der Waals surface area (Å²) in [5, 5.41) is 9.39. The third-order valence-electron chi connectivity index (χ3n) is 3.34. The van der Waals surface area contributed by atoms with Gasteiger partial charge in [0.15, 0.2) is 7.11 Å². The number of rotatable bonds is 4. The van der Waals surface area contributed by atoms with Crippen LogP contribution >= 0.6 is 0 Å². The van der Waals surface area contributed by atoms with Gasteiger partial charge in [-0.2, -0.15) is 0 Å². The van der Waals surface area contributed by atoms with E-state index < -0.39 is 0 Å². The zero-order valence-corrected chi connectivity index (χ0v) is 10.6. The van der Waals surface area contributed by atoms with Crippen LogP contribution in [0.2, 0.25) is 0 Å². The van der Waals surface area contributed by atoms with Crippen molar-refractivity contribution in [2.45, 2.75) is 25.7 Å². The quantitative estimate of drug-likeness (QED) is 0.833. The van der Waals surface area contributed by atoms with E-state index in [1.165, 1.54) is 12.7 Å². The van der Waals surface area contributed by atoms with Crippen LogP contribution in [0, 0.1) is 4.91 Å². The van der Waals surface area contributed by atoms with Gasteiger partial charge >= 0.3 is 5.69 Å². The lowest BCUT2D eigenvalue weighted by atomic mass is 9.87. The van der Waals surface area contributed by atoms with E-state index in [9.17, 15) is 10.0 Å². The summed E-state index contributed by atoms with van der Waals surface area (Å²) in [4.78, 5) is 16.6. The van der Waals surface area contributed by atoms with Crippen molar-refractivity contribution < 1.29 is 14.9 Å². The van der Waals surface area contributed by atoms with Crippen molar-refractivity contribution in [3.05, 3.63) is 40.3 Å². The molecule has 0 spiro atoms. The summed E-state index contributed by atoms with van der Waals surface area (Å²) >= 11 is 0. The summed E-state index contributed by atoms with van der Waals surface area (Å²) in [5.74, 6) is 0. The predicted octanol–water partition coefficient (Wildman–Crippen LogP) is 2.98. The molecule has 0 heterocycles. The first-order valence-electron chi connectivity index (χ1n) is 6.20. The first-order chi connectivity index (χ1) is 8.76. The van der Waals surface area contributed by atoms with Gasteiger partial charge in [-0.3, -0.25) is 0 Å². The molecule has 0 amide bonds. The summed E-state index contributed by atoms with van der Waals surface area (Å²) in [6, 6.07) is 7.34. The Labute approximate surface area is 106 Å². The molecule has 1 aromatic carbocycles. The first-order valence-corrected chi connectivity index (χ1v) is 6.20. The van der Waals surface area contributed by atoms with E-state index in [1.54, 1.807) is 6.07 Å². The number of hydrogen-bond donors (Lipinski definition) is 1. The summed E-state index contributed by atoms with van der Waals surface area (Å²) in [7, 11) is 1.35. The Hall–Kier alpha value is -1.68. The lowest BCUT2D eigenvalue weighted by molar-refractivity contribution is -0.736. The molecule has 2 rings (SSSR count). The molecule has 0 aliphatic heterocycles. The molecule has 0 saturated carbocycles. The molecule has 1 aliphatic rings. The van der Waals surface area contributed by atoms with Gasteiger partial charge in [-0.1, -0.05) is 12.1 Å². The van der Waals surface area contributed by atoms with E-state index >= 15 is 0 Å². The molecular formula is C14H18NO3+. The zero-order chi connectivity index (χ0) is 13.0. The number of hydrogen-bond acceptors (Lipinski definition) is 3. The molecule has 4 nitrogen and oxygen atoms in total. The lowest BCUT2D eigenvalue weighted by Crippen LogP contribution is -2.04. The third kappa shape index (κ3) is 2.59. The van der Waals surface area contributed by atoms with Crippen molar-refractivity contribution >= 4 is 11.3 Å². The van der Waals surface area contributed by atoms with Crippen molar-refractivity contribution in [1.29, 1.82) is 0 Å². The minimum atomic E-state index is 0.102. The van der Waals surface area contributed by atoms with Crippen LogP contribution in [0.5, 0.6) is 0 Å². The fraction of sp³-hybridized carbons (Fsp3) is 0.429. The molecule has 4 heteroatoms. The Morgan fingerprint density at radius 1 is 1.33 bits per heavy atom. The van der Waals surface area contributed by atoms with Gasteiger partial charge in [0.1, 0.15) is 0 Å². The van der Waals surface area contributed by atoms with Gasteiger partial charge in [-0.15, -0.1) is 0 Å². The van der Waals surface area contributed by atoms with Crippen LogP contribution in [0.15, 0.2) is 29.8 Å². The normalized spacial score (nSPS) is 15.7. The van der Waals surface area contributed by atoms with Crippen LogP contribution in [0.4, 0.5) is 5.69 Å². The van der Waals surface area contributed by atoms with Gasteiger partial charge in [0.2, 0.25) is 0 Å². The summed E-state index contributed by atoms with van der Waals surface area (Å²) in [6.45, 7) is 0.102. The van der Waals surface area contributed by atoms with Crippen LogP contribution in [0.3, 0.4) is 0 Å². The maximum Gasteiger partial charge on any atom is 0.317 e. The molecule has 96 valence electrons. The second-order valence-corrected chi connectivity index (χ2v) is 4.44. The van der Waals surface area contributed by atoms with E-state index in [0.29, 0.717) is 10.6 Å². The van der Waals surface area contributed by atoms with Crippen LogP contribution in [0.1, 0.15) is 31.2 Å². The third-order valence-corrected chi connectivity index (χ3v) is 3.34. The zero-order valence-electron chi connectivity index (χ0n) is 10.6. The Balaban J connectivity index is 2.38. The number of aliphatic hydroxyl groups excluding tert-OH is 1. The van der Waals surface area contributed by atoms with E-state index in [1.807, 2.05) is 18.2 Å². The number of allylic oxidation sites excluding steroid dienone is 1. The summed E-state index contributed by atoms with van der Waals surface area (Å²) < 4.78 is 0. The minimum Gasteiger partial charge on any atom is -0.392 e.